The molecule has 0 aliphatic carbocycles. The van der Waals surface area contributed by atoms with Gasteiger partial charge in [-0.15, -0.1) is 0 Å². The molecule has 3 aromatic rings. The van der Waals surface area contributed by atoms with Crippen molar-refractivity contribution < 1.29 is 14.0 Å². The van der Waals surface area contributed by atoms with Crippen LogP contribution >= 0.6 is 0 Å². The summed E-state index contributed by atoms with van der Waals surface area (Å²) in [6.45, 7) is 3.09. The summed E-state index contributed by atoms with van der Waals surface area (Å²) in [5, 5.41) is 1.25. The summed E-state index contributed by atoms with van der Waals surface area (Å²) in [4.78, 5) is 0. The van der Waals surface area contributed by atoms with Crippen molar-refractivity contribution >= 4 is 23.1 Å². The number of methoxy groups -OCH3 is 2. The number of fused-ring (bicyclic) bond motifs is 1. The molecule has 0 aliphatic rings. The van der Waals surface area contributed by atoms with Crippen LogP contribution in [0.4, 0.5) is 0 Å². The first-order valence-corrected chi connectivity index (χ1v) is 8.08. The lowest BCUT2D eigenvalue weighted by atomic mass is 10.1. The van der Waals surface area contributed by atoms with Crippen molar-refractivity contribution in [2.45, 2.75) is 13.5 Å². The number of hydrogen-bond acceptors (Lipinski definition) is 2. The molecule has 0 saturated heterocycles. The van der Waals surface area contributed by atoms with Gasteiger partial charge < -0.3 is 9.47 Å². The highest BCUT2D eigenvalue weighted by Gasteiger charge is 2.11. The lowest BCUT2D eigenvalue weighted by Crippen LogP contribution is -2.36. The van der Waals surface area contributed by atoms with Crippen LogP contribution < -0.4 is 14.0 Å². The maximum Gasteiger partial charge on any atom is 0.212 e. The quantitative estimate of drug-likeness (QED) is 0.653. The first-order chi connectivity index (χ1) is 11.8. The normalized spacial score (nSPS) is 11.1. The van der Waals surface area contributed by atoms with Gasteiger partial charge in [0.15, 0.2) is 11.5 Å². The maximum absolute atomic E-state index is 5.37. The molecule has 0 atom stereocenters. The summed E-state index contributed by atoms with van der Waals surface area (Å²) in [6, 6.07) is 18.7. The van der Waals surface area contributed by atoms with Crippen molar-refractivity contribution in [1.82, 2.24) is 0 Å². The lowest BCUT2D eigenvalue weighted by molar-refractivity contribution is -0.669. The monoisotopic (exact) mass is 320 g/mol. The van der Waals surface area contributed by atoms with E-state index in [2.05, 4.69) is 60.0 Å². The Morgan fingerprint density at radius 2 is 1.67 bits per heavy atom. The van der Waals surface area contributed by atoms with Crippen LogP contribution in [-0.2, 0) is 6.54 Å². The number of nitrogens with zero attached hydrogens (tertiary/aromatic N) is 1. The second-order valence-corrected chi connectivity index (χ2v) is 5.51. The second kappa shape index (κ2) is 7.18. The van der Waals surface area contributed by atoms with E-state index in [0.29, 0.717) is 0 Å². The molecule has 1 heterocycles. The van der Waals surface area contributed by atoms with Gasteiger partial charge in [0.05, 0.1) is 14.2 Å². The Kier molecular flexibility index (Phi) is 4.80. The van der Waals surface area contributed by atoms with Crippen LogP contribution in [0.15, 0.2) is 54.6 Å². The molecular weight excluding hydrogens is 298 g/mol. The summed E-state index contributed by atoms with van der Waals surface area (Å²) in [7, 11) is 3.30. The Balaban J connectivity index is 1.99. The molecule has 0 spiro atoms. The zero-order valence-corrected chi connectivity index (χ0v) is 14.3. The SMILES string of the molecule is CC[n+]1c(C=Cc2ccc(OC)c(OC)c2)ccc2ccccc21. The van der Waals surface area contributed by atoms with Crippen LogP contribution in [0.5, 0.6) is 11.5 Å². The van der Waals surface area contributed by atoms with Crippen molar-refractivity contribution in [2.75, 3.05) is 14.2 Å². The van der Waals surface area contributed by atoms with E-state index in [1.165, 1.54) is 16.6 Å². The maximum atomic E-state index is 5.37. The highest BCUT2D eigenvalue weighted by atomic mass is 16.5. The minimum atomic E-state index is 0.738. The third kappa shape index (κ3) is 3.11. The average molecular weight is 320 g/mol. The number of aromatic nitrogens is 1. The second-order valence-electron chi connectivity index (χ2n) is 5.51. The van der Waals surface area contributed by atoms with E-state index in [1.807, 2.05) is 18.2 Å². The molecule has 0 amide bonds. The molecule has 2 aromatic carbocycles. The first kappa shape index (κ1) is 16.1. The molecule has 0 radical (unpaired) electrons. The van der Waals surface area contributed by atoms with Gasteiger partial charge in [0.25, 0.3) is 0 Å². The van der Waals surface area contributed by atoms with Gasteiger partial charge in [-0.2, -0.15) is 4.57 Å². The van der Waals surface area contributed by atoms with Gasteiger partial charge in [0.2, 0.25) is 11.2 Å². The lowest BCUT2D eigenvalue weighted by Gasteiger charge is -2.07. The number of rotatable bonds is 5. The summed E-state index contributed by atoms with van der Waals surface area (Å²) < 4.78 is 13.0. The Morgan fingerprint density at radius 1 is 0.875 bits per heavy atom. The third-order valence-corrected chi connectivity index (χ3v) is 4.14. The van der Waals surface area contributed by atoms with E-state index in [4.69, 9.17) is 9.47 Å². The number of ether oxygens (including phenoxy) is 2. The van der Waals surface area contributed by atoms with Gasteiger partial charge in [-0.05, 0) is 42.8 Å². The van der Waals surface area contributed by atoms with Crippen molar-refractivity contribution in [2.24, 2.45) is 0 Å². The molecule has 0 aliphatic heterocycles. The molecular formula is C21H22NO2+. The van der Waals surface area contributed by atoms with E-state index in [0.717, 1.165) is 23.6 Å². The van der Waals surface area contributed by atoms with Crippen LogP contribution in [0.25, 0.3) is 23.1 Å². The zero-order chi connectivity index (χ0) is 16.9. The zero-order valence-electron chi connectivity index (χ0n) is 14.3. The van der Waals surface area contributed by atoms with E-state index >= 15 is 0 Å². The van der Waals surface area contributed by atoms with Gasteiger partial charge in [0, 0.05) is 23.6 Å². The summed E-state index contributed by atoms with van der Waals surface area (Å²) in [5.41, 5.74) is 3.49. The highest BCUT2D eigenvalue weighted by Crippen LogP contribution is 2.28. The molecule has 0 unspecified atom stereocenters. The number of aryl methyl sites for hydroxylation is 1. The van der Waals surface area contributed by atoms with Crippen molar-refractivity contribution in [3.05, 3.63) is 65.9 Å². The van der Waals surface area contributed by atoms with Crippen LogP contribution in [0.2, 0.25) is 0 Å². The first-order valence-electron chi connectivity index (χ1n) is 8.08. The number of benzene rings is 2. The average Bonchev–Trinajstić information content (AvgIpc) is 2.65. The minimum absolute atomic E-state index is 0.738. The third-order valence-electron chi connectivity index (χ3n) is 4.14. The highest BCUT2D eigenvalue weighted by molar-refractivity contribution is 5.77. The van der Waals surface area contributed by atoms with Crippen molar-refractivity contribution in [3.63, 3.8) is 0 Å². The van der Waals surface area contributed by atoms with Crippen LogP contribution in [0.1, 0.15) is 18.2 Å². The van der Waals surface area contributed by atoms with Gasteiger partial charge in [-0.3, -0.25) is 0 Å². The molecule has 0 saturated carbocycles. The summed E-state index contributed by atoms with van der Waals surface area (Å²) in [5.74, 6) is 1.48. The molecule has 3 heteroatoms. The van der Waals surface area contributed by atoms with E-state index in [-0.39, 0.29) is 0 Å². The van der Waals surface area contributed by atoms with Gasteiger partial charge in [-0.1, -0.05) is 18.2 Å². The number of pyridine rings is 1. The molecule has 3 nitrogen and oxygen atoms in total. The van der Waals surface area contributed by atoms with E-state index in [1.54, 1.807) is 14.2 Å². The Morgan fingerprint density at radius 3 is 2.42 bits per heavy atom. The van der Waals surface area contributed by atoms with Crippen LogP contribution in [0, 0.1) is 0 Å². The Hall–Kier alpha value is -2.81. The molecule has 122 valence electrons. The number of para-hydroxylation sites is 1. The Bertz CT molecular complexity index is 884. The van der Waals surface area contributed by atoms with E-state index < -0.39 is 0 Å². The minimum Gasteiger partial charge on any atom is -0.493 e. The van der Waals surface area contributed by atoms with Crippen molar-refractivity contribution in [1.29, 1.82) is 0 Å². The van der Waals surface area contributed by atoms with Gasteiger partial charge in [0.1, 0.15) is 6.54 Å². The molecule has 0 N–H and O–H groups in total. The largest absolute Gasteiger partial charge is 0.493 e. The molecule has 0 fully saturated rings. The predicted octanol–water partition coefficient (Wildman–Crippen LogP) is 4.33. The smallest absolute Gasteiger partial charge is 0.212 e. The molecule has 24 heavy (non-hydrogen) atoms. The molecule has 1 aromatic heterocycles. The Labute approximate surface area is 142 Å². The fourth-order valence-corrected chi connectivity index (χ4v) is 2.92. The van der Waals surface area contributed by atoms with Crippen LogP contribution in [0.3, 0.4) is 0 Å². The predicted molar refractivity (Wildman–Crippen MR) is 98.3 cm³/mol. The van der Waals surface area contributed by atoms with Gasteiger partial charge in [-0.25, -0.2) is 0 Å². The van der Waals surface area contributed by atoms with E-state index in [9.17, 15) is 0 Å². The topological polar surface area (TPSA) is 22.3 Å². The standard InChI is InChI=1S/C21H22NO2/c1-4-22-18(13-11-17-7-5-6-8-19(17)22)12-9-16-10-14-20(23-2)21(15-16)24-3/h5-15H,4H2,1-3H3/q+1. The fraction of sp³-hybridized carbons (Fsp3) is 0.190. The van der Waals surface area contributed by atoms with Crippen molar-refractivity contribution in [3.8, 4) is 11.5 Å². The van der Waals surface area contributed by atoms with Gasteiger partial charge >= 0.3 is 0 Å². The summed E-state index contributed by atoms with van der Waals surface area (Å²) in [6.07, 6.45) is 4.23. The molecule has 3 rings (SSSR count). The molecule has 0 bridgehead atoms. The summed E-state index contributed by atoms with van der Waals surface area (Å²) >= 11 is 0. The van der Waals surface area contributed by atoms with Crippen LogP contribution in [-0.4, -0.2) is 14.2 Å². The fourth-order valence-electron chi connectivity index (χ4n) is 2.92. The number of hydrogen-bond donors (Lipinski definition) is 0.